The molecule has 0 aliphatic rings. The Labute approximate surface area is 132 Å². The Morgan fingerprint density at radius 3 is 2.73 bits per heavy atom. The summed E-state index contributed by atoms with van der Waals surface area (Å²) in [5.74, 6) is -0.0582. The fourth-order valence-electron chi connectivity index (χ4n) is 2.18. The molecule has 0 spiro atoms. The zero-order valence-electron chi connectivity index (χ0n) is 12.1. The van der Waals surface area contributed by atoms with Crippen LogP contribution in [0, 0.1) is 6.92 Å². The zero-order chi connectivity index (χ0) is 15.4. The highest BCUT2D eigenvalue weighted by molar-refractivity contribution is 7.09. The molecule has 2 heterocycles. The van der Waals surface area contributed by atoms with Gasteiger partial charge in [0.2, 0.25) is 5.91 Å². The van der Waals surface area contributed by atoms with E-state index in [-0.39, 0.29) is 5.91 Å². The summed E-state index contributed by atoms with van der Waals surface area (Å²) in [6.45, 7) is 1.93. The first kappa shape index (κ1) is 14.4. The van der Waals surface area contributed by atoms with Gasteiger partial charge in [-0.15, -0.1) is 11.3 Å². The average molecular weight is 309 g/mol. The second-order valence-electron chi connectivity index (χ2n) is 4.90. The van der Waals surface area contributed by atoms with Gasteiger partial charge in [0.05, 0.1) is 17.1 Å². The number of amides is 1. The molecule has 4 nitrogen and oxygen atoms in total. The predicted octanol–water partition coefficient (Wildman–Crippen LogP) is 3.69. The molecule has 0 radical (unpaired) electrons. The number of thiazole rings is 1. The van der Waals surface area contributed by atoms with E-state index in [0.29, 0.717) is 6.42 Å². The maximum absolute atomic E-state index is 12.1. The zero-order valence-corrected chi connectivity index (χ0v) is 12.9. The molecule has 2 aromatic heterocycles. The molecule has 3 aromatic rings. The van der Waals surface area contributed by atoms with Crippen LogP contribution in [0.2, 0.25) is 0 Å². The lowest BCUT2D eigenvalue weighted by atomic mass is 10.1. The van der Waals surface area contributed by atoms with Crippen LogP contribution in [0.5, 0.6) is 0 Å². The van der Waals surface area contributed by atoms with E-state index in [2.05, 4.69) is 15.3 Å². The van der Waals surface area contributed by atoms with Crippen LogP contribution in [0.1, 0.15) is 10.7 Å². The molecule has 0 atom stereocenters. The largest absolute Gasteiger partial charge is 0.326 e. The third-order valence-corrected chi connectivity index (χ3v) is 3.99. The van der Waals surface area contributed by atoms with Crippen LogP contribution in [0.25, 0.3) is 11.1 Å². The summed E-state index contributed by atoms with van der Waals surface area (Å²) in [5.41, 5.74) is 3.71. The van der Waals surface area contributed by atoms with Crippen molar-refractivity contribution in [2.45, 2.75) is 13.3 Å². The summed E-state index contributed by atoms with van der Waals surface area (Å²) in [6.07, 6.45) is 3.81. The van der Waals surface area contributed by atoms with E-state index >= 15 is 0 Å². The van der Waals surface area contributed by atoms with Gasteiger partial charge in [-0.1, -0.05) is 12.1 Å². The molecule has 1 amide bonds. The Balaban J connectivity index is 1.71. The molecule has 0 aliphatic carbocycles. The highest BCUT2D eigenvalue weighted by Gasteiger charge is 2.07. The quantitative estimate of drug-likeness (QED) is 0.799. The van der Waals surface area contributed by atoms with Crippen LogP contribution in [-0.2, 0) is 11.2 Å². The number of hydrogen-bond acceptors (Lipinski definition) is 4. The summed E-state index contributed by atoms with van der Waals surface area (Å²) in [7, 11) is 0. The number of carbonyl (C=O) groups excluding carboxylic acids is 1. The van der Waals surface area contributed by atoms with Gasteiger partial charge in [-0.25, -0.2) is 4.98 Å². The number of aryl methyl sites for hydroxylation is 1. The van der Waals surface area contributed by atoms with E-state index in [0.717, 1.165) is 27.5 Å². The maximum Gasteiger partial charge on any atom is 0.230 e. The van der Waals surface area contributed by atoms with E-state index in [9.17, 15) is 4.79 Å². The third-order valence-electron chi connectivity index (χ3n) is 3.17. The van der Waals surface area contributed by atoms with Gasteiger partial charge < -0.3 is 5.32 Å². The Kier molecular flexibility index (Phi) is 4.25. The smallest absolute Gasteiger partial charge is 0.230 e. The van der Waals surface area contributed by atoms with Crippen LogP contribution < -0.4 is 5.32 Å². The fraction of sp³-hybridized carbons (Fsp3) is 0.118. The van der Waals surface area contributed by atoms with Crippen LogP contribution >= 0.6 is 11.3 Å². The molecule has 110 valence electrons. The number of benzene rings is 1. The van der Waals surface area contributed by atoms with E-state index in [1.807, 2.05) is 48.7 Å². The lowest BCUT2D eigenvalue weighted by Gasteiger charge is -2.07. The molecule has 0 unspecified atom stereocenters. The van der Waals surface area contributed by atoms with Crippen molar-refractivity contribution in [1.29, 1.82) is 0 Å². The summed E-state index contributed by atoms with van der Waals surface area (Å²) in [5, 5.41) is 5.81. The first-order chi connectivity index (χ1) is 10.7. The minimum absolute atomic E-state index is 0.0582. The Hall–Kier alpha value is -2.53. The van der Waals surface area contributed by atoms with E-state index in [1.54, 1.807) is 23.7 Å². The van der Waals surface area contributed by atoms with Gasteiger partial charge in [-0.2, -0.15) is 0 Å². The van der Waals surface area contributed by atoms with Gasteiger partial charge in [0.15, 0.2) is 0 Å². The first-order valence-corrected chi connectivity index (χ1v) is 7.80. The summed E-state index contributed by atoms with van der Waals surface area (Å²) in [6, 6.07) is 11.7. The molecule has 1 N–H and O–H groups in total. The van der Waals surface area contributed by atoms with Crippen molar-refractivity contribution < 1.29 is 4.79 Å². The van der Waals surface area contributed by atoms with Crippen LogP contribution in [0.4, 0.5) is 5.69 Å². The van der Waals surface area contributed by atoms with E-state index in [1.165, 1.54) is 0 Å². The van der Waals surface area contributed by atoms with Crippen LogP contribution in [0.3, 0.4) is 0 Å². The number of nitrogens with one attached hydrogen (secondary N) is 1. The number of carbonyl (C=O) groups is 1. The first-order valence-electron chi connectivity index (χ1n) is 6.92. The summed E-state index contributed by atoms with van der Waals surface area (Å²) in [4.78, 5) is 20.4. The molecule has 0 fully saturated rings. The number of pyridine rings is 1. The predicted molar refractivity (Wildman–Crippen MR) is 88.9 cm³/mol. The molecule has 0 bridgehead atoms. The molecule has 5 heteroatoms. The van der Waals surface area contributed by atoms with E-state index in [4.69, 9.17) is 0 Å². The number of nitrogens with zero attached hydrogens (tertiary/aromatic N) is 2. The average Bonchev–Trinajstić information content (AvgIpc) is 2.93. The normalized spacial score (nSPS) is 10.4. The van der Waals surface area contributed by atoms with Gasteiger partial charge in [0, 0.05) is 23.5 Å². The Bertz CT molecular complexity index is 783. The molecular weight excluding hydrogens is 294 g/mol. The molecule has 22 heavy (non-hydrogen) atoms. The van der Waals surface area contributed by atoms with Gasteiger partial charge in [0.25, 0.3) is 0 Å². The molecule has 0 saturated carbocycles. The van der Waals surface area contributed by atoms with Crippen molar-refractivity contribution in [2.24, 2.45) is 0 Å². The Morgan fingerprint density at radius 1 is 1.18 bits per heavy atom. The van der Waals surface area contributed by atoms with Crippen LogP contribution in [0.15, 0.2) is 54.2 Å². The van der Waals surface area contributed by atoms with Crippen molar-refractivity contribution in [3.63, 3.8) is 0 Å². The SMILES string of the molecule is Cc1nc(CC(=O)Nc2cccc(-c3ccncc3)c2)cs1. The number of rotatable bonds is 4. The fourth-order valence-corrected chi connectivity index (χ4v) is 2.79. The number of anilines is 1. The topological polar surface area (TPSA) is 54.9 Å². The molecular formula is C17H15N3OS. The van der Waals surface area contributed by atoms with Crippen molar-refractivity contribution in [3.05, 3.63) is 64.9 Å². The highest BCUT2D eigenvalue weighted by Crippen LogP contribution is 2.22. The number of hydrogen-bond donors (Lipinski definition) is 1. The lowest BCUT2D eigenvalue weighted by molar-refractivity contribution is -0.115. The van der Waals surface area contributed by atoms with Gasteiger partial charge in [-0.05, 0) is 42.3 Å². The minimum atomic E-state index is -0.0582. The molecule has 0 saturated heterocycles. The maximum atomic E-state index is 12.1. The Morgan fingerprint density at radius 2 is 2.00 bits per heavy atom. The lowest BCUT2D eigenvalue weighted by Crippen LogP contribution is -2.14. The number of aromatic nitrogens is 2. The molecule has 0 aliphatic heterocycles. The summed E-state index contributed by atoms with van der Waals surface area (Å²) < 4.78 is 0. The molecule has 3 rings (SSSR count). The van der Waals surface area contributed by atoms with Gasteiger partial charge >= 0.3 is 0 Å². The van der Waals surface area contributed by atoms with Crippen molar-refractivity contribution in [1.82, 2.24) is 9.97 Å². The van der Waals surface area contributed by atoms with Crippen molar-refractivity contribution in [3.8, 4) is 11.1 Å². The van der Waals surface area contributed by atoms with Crippen LogP contribution in [-0.4, -0.2) is 15.9 Å². The van der Waals surface area contributed by atoms with Crippen molar-refractivity contribution >= 4 is 22.9 Å². The monoisotopic (exact) mass is 309 g/mol. The highest BCUT2D eigenvalue weighted by atomic mass is 32.1. The third kappa shape index (κ3) is 3.56. The van der Waals surface area contributed by atoms with Gasteiger partial charge in [-0.3, -0.25) is 9.78 Å². The summed E-state index contributed by atoms with van der Waals surface area (Å²) >= 11 is 1.56. The van der Waals surface area contributed by atoms with Crippen molar-refractivity contribution in [2.75, 3.05) is 5.32 Å². The standard InChI is InChI=1S/C17H15N3OS/c1-12-19-16(11-22-12)10-17(21)20-15-4-2-3-14(9-15)13-5-7-18-8-6-13/h2-9,11H,10H2,1H3,(H,20,21). The second-order valence-corrected chi connectivity index (χ2v) is 5.96. The molecule has 1 aromatic carbocycles. The van der Waals surface area contributed by atoms with Gasteiger partial charge in [0.1, 0.15) is 0 Å². The van der Waals surface area contributed by atoms with E-state index < -0.39 is 0 Å². The minimum Gasteiger partial charge on any atom is -0.326 e. The second kappa shape index (κ2) is 6.49.